The van der Waals surface area contributed by atoms with E-state index in [-0.39, 0.29) is 35.4 Å². The number of aryl methyl sites for hydroxylation is 1. The van der Waals surface area contributed by atoms with Gasteiger partial charge in [-0.05, 0) is 61.6 Å². The number of amides is 1. The third kappa shape index (κ3) is 4.10. The molecule has 1 aromatic heterocycles. The van der Waals surface area contributed by atoms with E-state index in [1.54, 1.807) is 28.8 Å². The summed E-state index contributed by atoms with van der Waals surface area (Å²) in [6.07, 6.45) is -4.72. The third-order valence-corrected chi connectivity index (χ3v) is 8.02. The predicted octanol–water partition coefficient (Wildman–Crippen LogP) is 5.00. The van der Waals surface area contributed by atoms with Gasteiger partial charge in [0.15, 0.2) is 11.3 Å². The fourth-order valence-electron chi connectivity index (χ4n) is 5.84. The molecule has 5 atom stereocenters. The van der Waals surface area contributed by atoms with Crippen molar-refractivity contribution in [3.05, 3.63) is 27.9 Å². The van der Waals surface area contributed by atoms with Crippen LogP contribution in [0, 0.1) is 17.8 Å². The number of likely N-dealkylation sites (tertiary alicyclic amines) is 1. The summed E-state index contributed by atoms with van der Waals surface area (Å²) in [6, 6.07) is 3.30. The summed E-state index contributed by atoms with van der Waals surface area (Å²) in [5, 5.41) is 15.5. The molecule has 0 radical (unpaired) electrons. The van der Waals surface area contributed by atoms with Gasteiger partial charge in [0.05, 0.1) is 11.9 Å². The number of rotatable bonds is 3. The number of hydrogen-bond acceptors (Lipinski definition) is 3. The molecule has 1 N–H and O–H groups in total. The van der Waals surface area contributed by atoms with Gasteiger partial charge in [0.1, 0.15) is 0 Å². The number of aliphatic hydroxyl groups excluding tert-OH is 1. The maximum absolute atomic E-state index is 13.3. The standard InChI is InChI=1S/C22H26Cl2F3N3O2/c1-11-12-4-3-5-14(20(32)22(25,26)27)13(12)8-9-30(11)18(31)10-15-16(23)6-7-17-19(15)21(24)28-29(17)2/h6-7,11-14,20,32H,3-5,8-10H2,1-2H3/t11-,12+,13+,14?,20-/m0/s1. The normalized spacial score (nSPS) is 27.4. The van der Waals surface area contributed by atoms with Crippen molar-refractivity contribution in [2.24, 2.45) is 24.8 Å². The molecule has 0 bridgehead atoms. The highest BCUT2D eigenvalue weighted by molar-refractivity contribution is 6.37. The maximum Gasteiger partial charge on any atom is 0.414 e. The monoisotopic (exact) mass is 491 g/mol. The first-order chi connectivity index (χ1) is 15.0. The number of halogens is 5. The van der Waals surface area contributed by atoms with E-state index in [0.29, 0.717) is 41.8 Å². The summed E-state index contributed by atoms with van der Waals surface area (Å²) in [4.78, 5) is 15.1. The lowest BCUT2D eigenvalue weighted by molar-refractivity contribution is -0.233. The lowest BCUT2D eigenvalue weighted by atomic mass is 9.64. The Kier molecular flexibility index (Phi) is 6.42. The Balaban J connectivity index is 1.55. The maximum atomic E-state index is 13.3. The number of hydrogen-bond donors (Lipinski definition) is 1. The number of benzene rings is 1. The first kappa shape index (κ1) is 23.6. The molecule has 4 rings (SSSR count). The van der Waals surface area contributed by atoms with E-state index in [1.165, 1.54) is 0 Å². The van der Waals surface area contributed by atoms with Gasteiger partial charge in [-0.1, -0.05) is 29.6 Å². The molecule has 1 aliphatic carbocycles. The van der Waals surface area contributed by atoms with Crippen molar-refractivity contribution in [2.45, 2.75) is 57.3 Å². The van der Waals surface area contributed by atoms with Crippen LogP contribution in [0.1, 0.15) is 38.2 Å². The fourth-order valence-corrected chi connectivity index (χ4v) is 6.39. The van der Waals surface area contributed by atoms with E-state index < -0.39 is 18.2 Å². The molecule has 0 spiro atoms. The second-order valence-corrected chi connectivity index (χ2v) is 9.80. The molecule has 1 unspecified atom stereocenters. The average Bonchev–Trinajstić information content (AvgIpc) is 3.02. The van der Waals surface area contributed by atoms with Crippen LogP contribution in [0.5, 0.6) is 0 Å². The van der Waals surface area contributed by atoms with Gasteiger partial charge in [0.25, 0.3) is 0 Å². The van der Waals surface area contributed by atoms with Crippen molar-refractivity contribution >= 4 is 40.0 Å². The smallest absolute Gasteiger partial charge is 0.383 e. The van der Waals surface area contributed by atoms with E-state index in [1.807, 2.05) is 6.92 Å². The number of piperidine rings is 1. The van der Waals surface area contributed by atoms with Gasteiger partial charge in [0, 0.05) is 30.0 Å². The molecule has 10 heteroatoms. The first-order valence-corrected chi connectivity index (χ1v) is 11.6. The quantitative estimate of drug-likeness (QED) is 0.657. The van der Waals surface area contributed by atoms with E-state index in [0.717, 1.165) is 11.9 Å². The summed E-state index contributed by atoms with van der Waals surface area (Å²) < 4.78 is 41.2. The van der Waals surface area contributed by atoms with Crippen molar-refractivity contribution in [2.75, 3.05) is 6.54 Å². The van der Waals surface area contributed by atoms with Crippen molar-refractivity contribution < 1.29 is 23.1 Å². The zero-order valence-electron chi connectivity index (χ0n) is 17.9. The van der Waals surface area contributed by atoms with Gasteiger partial charge in [0.2, 0.25) is 5.91 Å². The minimum Gasteiger partial charge on any atom is -0.383 e. The molecular formula is C22H26Cl2F3N3O2. The second-order valence-electron chi connectivity index (χ2n) is 9.04. The Morgan fingerprint density at radius 1 is 1.25 bits per heavy atom. The van der Waals surface area contributed by atoms with Crippen LogP contribution in [-0.4, -0.2) is 50.6 Å². The fraction of sp³-hybridized carbons (Fsp3) is 0.636. The highest BCUT2D eigenvalue weighted by Crippen LogP contribution is 2.47. The molecule has 2 aromatic rings. The number of carbonyl (C=O) groups is 1. The van der Waals surface area contributed by atoms with Gasteiger partial charge >= 0.3 is 6.18 Å². The summed E-state index contributed by atoms with van der Waals surface area (Å²) in [5.41, 5.74) is 1.38. The highest BCUT2D eigenvalue weighted by atomic mass is 35.5. The predicted molar refractivity (Wildman–Crippen MR) is 117 cm³/mol. The number of carbonyl (C=O) groups excluding carboxylic acids is 1. The number of aliphatic hydroxyl groups is 1. The Morgan fingerprint density at radius 3 is 2.66 bits per heavy atom. The third-order valence-electron chi connectivity index (χ3n) is 7.41. The Morgan fingerprint density at radius 2 is 1.97 bits per heavy atom. The Bertz CT molecular complexity index is 1030. The number of alkyl halides is 3. The van der Waals surface area contributed by atoms with Crippen LogP contribution in [0.25, 0.3) is 10.9 Å². The van der Waals surface area contributed by atoms with E-state index in [2.05, 4.69) is 5.10 Å². The molecule has 2 aliphatic rings. The van der Waals surface area contributed by atoms with Gasteiger partial charge in [-0.25, -0.2) is 0 Å². The van der Waals surface area contributed by atoms with Crippen molar-refractivity contribution in [3.8, 4) is 0 Å². The minimum atomic E-state index is -4.62. The summed E-state index contributed by atoms with van der Waals surface area (Å²) in [5.74, 6) is -1.27. The zero-order valence-corrected chi connectivity index (χ0v) is 19.4. The topological polar surface area (TPSA) is 58.4 Å². The lowest BCUT2D eigenvalue weighted by Crippen LogP contribution is -2.55. The van der Waals surface area contributed by atoms with Crippen LogP contribution in [-0.2, 0) is 18.3 Å². The van der Waals surface area contributed by atoms with E-state index in [9.17, 15) is 23.1 Å². The molecule has 1 saturated carbocycles. The second kappa shape index (κ2) is 8.69. The summed E-state index contributed by atoms with van der Waals surface area (Å²) >= 11 is 12.7. The first-order valence-electron chi connectivity index (χ1n) is 10.8. The number of aromatic nitrogens is 2. The molecular weight excluding hydrogens is 466 g/mol. The molecule has 1 saturated heterocycles. The molecule has 5 nitrogen and oxygen atoms in total. The minimum absolute atomic E-state index is 0.0396. The lowest BCUT2D eigenvalue weighted by Gasteiger charge is -2.50. The van der Waals surface area contributed by atoms with Gasteiger partial charge in [-0.15, -0.1) is 0 Å². The highest BCUT2D eigenvalue weighted by Gasteiger charge is 2.51. The molecule has 32 heavy (non-hydrogen) atoms. The Labute approximate surface area is 194 Å². The van der Waals surface area contributed by atoms with Crippen LogP contribution in [0.15, 0.2) is 12.1 Å². The molecule has 1 aliphatic heterocycles. The zero-order chi connectivity index (χ0) is 23.4. The van der Waals surface area contributed by atoms with E-state index >= 15 is 0 Å². The van der Waals surface area contributed by atoms with Crippen LogP contribution < -0.4 is 0 Å². The largest absolute Gasteiger partial charge is 0.414 e. The molecule has 1 amide bonds. The van der Waals surface area contributed by atoms with Crippen LogP contribution in [0.3, 0.4) is 0 Å². The van der Waals surface area contributed by atoms with Crippen molar-refractivity contribution in [1.29, 1.82) is 0 Å². The average molecular weight is 492 g/mol. The van der Waals surface area contributed by atoms with Gasteiger partial charge in [-0.3, -0.25) is 9.48 Å². The van der Waals surface area contributed by atoms with Gasteiger partial charge in [-0.2, -0.15) is 18.3 Å². The van der Waals surface area contributed by atoms with Crippen LogP contribution in [0.4, 0.5) is 13.2 Å². The van der Waals surface area contributed by atoms with Crippen molar-refractivity contribution in [1.82, 2.24) is 14.7 Å². The molecule has 1 aromatic carbocycles. The van der Waals surface area contributed by atoms with Gasteiger partial charge < -0.3 is 10.0 Å². The molecule has 176 valence electrons. The molecule has 2 fully saturated rings. The van der Waals surface area contributed by atoms with Crippen molar-refractivity contribution in [3.63, 3.8) is 0 Å². The van der Waals surface area contributed by atoms with E-state index in [4.69, 9.17) is 23.2 Å². The SMILES string of the molecule is C[C@H]1[C@H]2CCCC([C@H](O)C(F)(F)F)[C@@H]2CCN1C(=O)Cc1c(Cl)ccc2c1c(Cl)nn2C. The number of fused-ring (bicyclic) bond motifs is 2. The molecule has 2 heterocycles. The van der Waals surface area contributed by atoms with Crippen LogP contribution in [0.2, 0.25) is 10.2 Å². The summed E-state index contributed by atoms with van der Waals surface area (Å²) in [6.45, 7) is 2.26. The Hall–Kier alpha value is -1.51. The number of nitrogens with zero attached hydrogens (tertiary/aromatic N) is 3. The summed E-state index contributed by atoms with van der Waals surface area (Å²) in [7, 11) is 1.76. The van der Waals surface area contributed by atoms with Crippen LogP contribution >= 0.6 is 23.2 Å².